The SMILES string of the molecule is O=C(N[C@@H]1CC[C@H](NC(=O)c2cccc(=O)[nH]2)C1)c1ccc(-n2cnnn2)cc1. The topological polar surface area (TPSA) is 135 Å². The van der Waals surface area contributed by atoms with E-state index >= 15 is 0 Å². The van der Waals surface area contributed by atoms with E-state index in [0.29, 0.717) is 12.0 Å². The monoisotopic (exact) mass is 393 g/mol. The summed E-state index contributed by atoms with van der Waals surface area (Å²) in [5.74, 6) is -0.490. The Bertz CT molecular complexity index is 1060. The Morgan fingerprint density at radius 2 is 1.72 bits per heavy atom. The molecule has 2 amide bonds. The van der Waals surface area contributed by atoms with Crippen LogP contribution in [0.3, 0.4) is 0 Å². The largest absolute Gasteiger partial charge is 0.349 e. The third-order valence-corrected chi connectivity index (χ3v) is 4.86. The van der Waals surface area contributed by atoms with Crippen LogP contribution in [-0.4, -0.2) is 49.1 Å². The molecule has 10 heteroatoms. The number of carbonyl (C=O) groups is 2. The molecule has 3 N–H and O–H groups in total. The smallest absolute Gasteiger partial charge is 0.268 e. The number of hydrogen-bond donors (Lipinski definition) is 3. The van der Waals surface area contributed by atoms with Gasteiger partial charge in [-0.2, -0.15) is 0 Å². The first-order valence-electron chi connectivity index (χ1n) is 9.23. The van der Waals surface area contributed by atoms with Gasteiger partial charge < -0.3 is 15.6 Å². The number of rotatable bonds is 5. The highest BCUT2D eigenvalue weighted by Gasteiger charge is 2.27. The Morgan fingerprint density at radius 3 is 2.38 bits per heavy atom. The van der Waals surface area contributed by atoms with Gasteiger partial charge in [0.15, 0.2) is 0 Å². The summed E-state index contributed by atoms with van der Waals surface area (Å²) in [6.45, 7) is 0. The minimum absolute atomic E-state index is 0.0261. The fourth-order valence-electron chi connectivity index (χ4n) is 3.40. The van der Waals surface area contributed by atoms with Crippen molar-refractivity contribution >= 4 is 11.8 Å². The van der Waals surface area contributed by atoms with Crippen molar-refractivity contribution in [1.82, 2.24) is 35.8 Å². The maximum Gasteiger partial charge on any atom is 0.268 e. The van der Waals surface area contributed by atoms with Crippen LogP contribution in [0.25, 0.3) is 5.69 Å². The predicted octanol–water partition coefficient (Wildman–Crippen LogP) is 0.431. The summed E-state index contributed by atoms with van der Waals surface area (Å²) >= 11 is 0. The molecule has 0 saturated heterocycles. The first-order valence-corrected chi connectivity index (χ1v) is 9.23. The average Bonchev–Trinajstić information content (AvgIpc) is 3.40. The van der Waals surface area contributed by atoms with E-state index in [4.69, 9.17) is 0 Å². The second-order valence-corrected chi connectivity index (χ2v) is 6.88. The molecule has 2 aromatic heterocycles. The molecule has 0 radical (unpaired) electrons. The first kappa shape index (κ1) is 18.5. The summed E-state index contributed by atoms with van der Waals surface area (Å²) in [5.41, 5.74) is 1.21. The van der Waals surface area contributed by atoms with E-state index < -0.39 is 0 Å². The van der Waals surface area contributed by atoms with E-state index in [1.807, 2.05) is 0 Å². The highest BCUT2D eigenvalue weighted by molar-refractivity contribution is 5.94. The van der Waals surface area contributed by atoms with Gasteiger partial charge in [-0.25, -0.2) is 4.68 Å². The standard InChI is InChI=1S/C19H19N7O3/c27-17-3-1-2-16(23-17)19(29)22-14-7-6-13(10-14)21-18(28)12-4-8-15(9-5-12)26-11-20-24-25-26/h1-5,8-9,11,13-14H,6-7,10H2,(H,21,28)(H,22,29)(H,23,27)/t13-,14+/m1/s1. The molecule has 148 valence electrons. The van der Waals surface area contributed by atoms with Gasteiger partial charge in [-0.3, -0.25) is 14.4 Å². The van der Waals surface area contributed by atoms with Crippen LogP contribution in [0.1, 0.15) is 40.1 Å². The summed E-state index contributed by atoms with van der Waals surface area (Å²) in [5, 5.41) is 16.9. The lowest BCUT2D eigenvalue weighted by molar-refractivity contribution is 0.0932. The van der Waals surface area contributed by atoms with Crippen LogP contribution < -0.4 is 16.2 Å². The lowest BCUT2D eigenvalue weighted by Crippen LogP contribution is -2.37. The minimum Gasteiger partial charge on any atom is -0.349 e. The number of H-pyrrole nitrogens is 1. The van der Waals surface area contributed by atoms with Crippen molar-refractivity contribution in [2.24, 2.45) is 0 Å². The van der Waals surface area contributed by atoms with Gasteiger partial charge in [0.25, 0.3) is 11.8 Å². The van der Waals surface area contributed by atoms with Gasteiger partial charge in [0.2, 0.25) is 5.56 Å². The van der Waals surface area contributed by atoms with Gasteiger partial charge in [-0.05, 0) is 60.0 Å². The van der Waals surface area contributed by atoms with Crippen LogP contribution in [-0.2, 0) is 0 Å². The van der Waals surface area contributed by atoms with Crippen LogP contribution in [0.15, 0.2) is 53.6 Å². The highest BCUT2D eigenvalue weighted by Crippen LogP contribution is 2.20. The normalized spacial score (nSPS) is 18.3. The molecule has 0 spiro atoms. The number of tetrazole rings is 1. The molecule has 1 saturated carbocycles. The zero-order valence-electron chi connectivity index (χ0n) is 15.4. The van der Waals surface area contributed by atoms with Crippen molar-refractivity contribution in [2.75, 3.05) is 0 Å². The quantitative estimate of drug-likeness (QED) is 0.575. The summed E-state index contributed by atoms with van der Waals surface area (Å²) in [4.78, 5) is 38.6. The molecule has 3 aromatic rings. The predicted molar refractivity (Wildman–Crippen MR) is 103 cm³/mol. The molecule has 2 atom stereocenters. The van der Waals surface area contributed by atoms with Gasteiger partial charge >= 0.3 is 0 Å². The van der Waals surface area contributed by atoms with Crippen LogP contribution in [0, 0.1) is 0 Å². The summed E-state index contributed by atoms with van der Waals surface area (Å²) in [6, 6.07) is 11.3. The molecule has 0 bridgehead atoms. The van der Waals surface area contributed by atoms with Crippen molar-refractivity contribution in [1.29, 1.82) is 0 Å². The molecular weight excluding hydrogens is 374 g/mol. The Balaban J connectivity index is 1.31. The molecular formula is C19H19N7O3. The summed E-state index contributed by atoms with van der Waals surface area (Å²) < 4.78 is 1.51. The molecule has 1 aliphatic carbocycles. The zero-order chi connectivity index (χ0) is 20.2. The highest BCUT2D eigenvalue weighted by atomic mass is 16.2. The number of pyridine rings is 1. The number of aromatic amines is 1. The Morgan fingerprint density at radius 1 is 1.00 bits per heavy atom. The van der Waals surface area contributed by atoms with E-state index in [9.17, 15) is 14.4 Å². The first-order chi connectivity index (χ1) is 14.1. The number of amides is 2. The molecule has 1 aromatic carbocycles. The van der Waals surface area contributed by atoms with Crippen molar-refractivity contribution in [2.45, 2.75) is 31.3 Å². The van der Waals surface area contributed by atoms with Crippen LogP contribution in [0.5, 0.6) is 0 Å². The van der Waals surface area contributed by atoms with Crippen molar-refractivity contribution in [3.8, 4) is 5.69 Å². The molecule has 1 aliphatic rings. The number of nitrogens with one attached hydrogen (secondary N) is 3. The van der Waals surface area contributed by atoms with Gasteiger partial charge in [-0.15, -0.1) is 5.10 Å². The molecule has 0 unspecified atom stereocenters. The Kier molecular flexibility index (Phi) is 5.14. The van der Waals surface area contributed by atoms with Crippen molar-refractivity contribution in [3.63, 3.8) is 0 Å². The minimum atomic E-state index is -0.321. The maximum absolute atomic E-state index is 12.5. The third kappa shape index (κ3) is 4.37. The van der Waals surface area contributed by atoms with Gasteiger partial charge in [0, 0.05) is 23.7 Å². The van der Waals surface area contributed by atoms with Gasteiger partial charge in [0.1, 0.15) is 12.0 Å². The number of aromatic nitrogens is 5. The molecule has 10 nitrogen and oxygen atoms in total. The molecule has 2 heterocycles. The van der Waals surface area contributed by atoms with E-state index in [0.717, 1.165) is 18.5 Å². The maximum atomic E-state index is 12.5. The Hall–Kier alpha value is -3.82. The second-order valence-electron chi connectivity index (χ2n) is 6.88. The van der Waals surface area contributed by atoms with E-state index in [1.165, 1.54) is 23.1 Å². The number of hydrogen-bond acceptors (Lipinski definition) is 6. The van der Waals surface area contributed by atoms with Crippen molar-refractivity contribution < 1.29 is 9.59 Å². The second kappa shape index (κ2) is 8.05. The molecule has 0 aliphatic heterocycles. The van der Waals surface area contributed by atoms with Gasteiger partial charge in [0.05, 0.1) is 5.69 Å². The van der Waals surface area contributed by atoms with Crippen LogP contribution in [0.4, 0.5) is 0 Å². The molecule has 29 heavy (non-hydrogen) atoms. The molecule has 1 fully saturated rings. The lowest BCUT2D eigenvalue weighted by Gasteiger charge is -2.15. The average molecular weight is 393 g/mol. The Labute approximate surface area is 165 Å². The van der Waals surface area contributed by atoms with Crippen molar-refractivity contribution in [3.05, 3.63) is 70.4 Å². The third-order valence-electron chi connectivity index (χ3n) is 4.86. The zero-order valence-corrected chi connectivity index (χ0v) is 15.4. The van der Waals surface area contributed by atoms with Crippen LogP contribution in [0.2, 0.25) is 0 Å². The van der Waals surface area contributed by atoms with E-state index in [1.54, 1.807) is 30.3 Å². The fraction of sp³-hybridized carbons (Fsp3) is 0.263. The number of benzene rings is 1. The summed E-state index contributed by atoms with van der Waals surface area (Å²) in [6.07, 6.45) is 3.64. The van der Waals surface area contributed by atoms with E-state index in [2.05, 4.69) is 31.1 Å². The number of nitrogens with zero attached hydrogens (tertiary/aromatic N) is 4. The number of carbonyl (C=O) groups excluding carboxylic acids is 2. The fourth-order valence-corrected chi connectivity index (χ4v) is 3.40. The lowest BCUT2D eigenvalue weighted by atomic mass is 10.1. The van der Waals surface area contributed by atoms with Crippen LogP contribution >= 0.6 is 0 Å². The molecule has 4 rings (SSSR count). The summed E-state index contributed by atoms with van der Waals surface area (Å²) in [7, 11) is 0. The van der Waals surface area contributed by atoms with Gasteiger partial charge in [-0.1, -0.05) is 6.07 Å². The van der Waals surface area contributed by atoms with E-state index in [-0.39, 0.29) is 35.2 Å².